The topological polar surface area (TPSA) is 75.3 Å². The van der Waals surface area contributed by atoms with Crippen molar-refractivity contribution < 1.29 is 17.6 Å². The van der Waals surface area contributed by atoms with Crippen LogP contribution in [0.15, 0.2) is 24.3 Å². The number of sulfonamides is 1. The molecule has 1 aromatic carbocycles. The van der Waals surface area contributed by atoms with E-state index in [0.717, 1.165) is 12.5 Å². The van der Waals surface area contributed by atoms with Crippen LogP contribution < -0.4 is 10.0 Å². The van der Waals surface area contributed by atoms with Crippen LogP contribution in [0.5, 0.6) is 0 Å². The highest BCUT2D eigenvalue weighted by Crippen LogP contribution is 2.02. The number of hydrogen-bond acceptors (Lipinski definition) is 3. The van der Waals surface area contributed by atoms with Gasteiger partial charge in [0.15, 0.2) is 0 Å². The van der Waals surface area contributed by atoms with E-state index in [-0.39, 0.29) is 24.4 Å². The maximum absolute atomic E-state index is 12.9. The molecule has 7 heteroatoms. The molecule has 0 spiro atoms. The second kappa shape index (κ2) is 7.96. The average molecular weight is 302 g/mol. The molecule has 2 N–H and O–H groups in total. The van der Waals surface area contributed by atoms with Crippen molar-refractivity contribution in [1.29, 1.82) is 0 Å². The fourth-order valence-corrected chi connectivity index (χ4v) is 2.75. The number of benzene rings is 1. The zero-order valence-electron chi connectivity index (χ0n) is 11.4. The SMILES string of the molecule is CCCCS(=O)(=O)NCCNC(=O)c1cccc(F)c1. The molecule has 0 atom stereocenters. The molecule has 112 valence electrons. The first-order valence-corrected chi connectivity index (χ1v) is 8.11. The van der Waals surface area contributed by atoms with Crippen LogP contribution in [0.2, 0.25) is 0 Å². The fraction of sp³-hybridized carbons (Fsp3) is 0.462. The summed E-state index contributed by atoms with van der Waals surface area (Å²) in [6.45, 7) is 2.18. The van der Waals surface area contributed by atoms with Gasteiger partial charge in [-0.05, 0) is 24.6 Å². The third kappa shape index (κ3) is 6.12. The lowest BCUT2D eigenvalue weighted by Gasteiger charge is -2.07. The normalized spacial score (nSPS) is 11.3. The van der Waals surface area contributed by atoms with Crippen molar-refractivity contribution in [2.24, 2.45) is 0 Å². The molecule has 1 amide bonds. The van der Waals surface area contributed by atoms with E-state index in [1.165, 1.54) is 18.2 Å². The van der Waals surface area contributed by atoms with Gasteiger partial charge in [-0.15, -0.1) is 0 Å². The number of carbonyl (C=O) groups excluding carboxylic acids is 1. The third-order valence-electron chi connectivity index (χ3n) is 2.59. The number of amides is 1. The minimum Gasteiger partial charge on any atom is -0.351 e. The summed E-state index contributed by atoms with van der Waals surface area (Å²) in [4.78, 5) is 11.6. The summed E-state index contributed by atoms with van der Waals surface area (Å²) in [6.07, 6.45) is 1.40. The molecule has 0 aliphatic heterocycles. The monoisotopic (exact) mass is 302 g/mol. The first-order valence-electron chi connectivity index (χ1n) is 6.45. The molecule has 1 aromatic rings. The average Bonchev–Trinajstić information content (AvgIpc) is 2.41. The maximum Gasteiger partial charge on any atom is 0.251 e. The molecule has 0 saturated heterocycles. The summed E-state index contributed by atoms with van der Waals surface area (Å²) >= 11 is 0. The van der Waals surface area contributed by atoms with Crippen molar-refractivity contribution >= 4 is 15.9 Å². The van der Waals surface area contributed by atoms with Crippen molar-refractivity contribution in [3.05, 3.63) is 35.6 Å². The quantitative estimate of drug-likeness (QED) is 0.710. The lowest BCUT2D eigenvalue weighted by molar-refractivity contribution is 0.0954. The van der Waals surface area contributed by atoms with E-state index in [0.29, 0.717) is 6.42 Å². The second-order valence-corrected chi connectivity index (χ2v) is 6.26. The predicted octanol–water partition coefficient (Wildman–Crippen LogP) is 1.27. The molecule has 0 heterocycles. The molecule has 0 bridgehead atoms. The third-order valence-corrected chi connectivity index (χ3v) is 4.06. The Hall–Kier alpha value is -1.47. The van der Waals surface area contributed by atoms with Gasteiger partial charge in [-0.1, -0.05) is 19.4 Å². The van der Waals surface area contributed by atoms with E-state index in [1.54, 1.807) is 0 Å². The zero-order chi connectivity index (χ0) is 15.0. The van der Waals surface area contributed by atoms with Crippen LogP contribution >= 0.6 is 0 Å². The summed E-state index contributed by atoms with van der Waals surface area (Å²) in [5.74, 6) is -0.836. The van der Waals surface area contributed by atoms with Crippen molar-refractivity contribution in [3.63, 3.8) is 0 Å². The van der Waals surface area contributed by atoms with E-state index >= 15 is 0 Å². The Kier molecular flexibility index (Phi) is 6.60. The van der Waals surface area contributed by atoms with Gasteiger partial charge in [0.25, 0.3) is 5.91 Å². The second-order valence-electron chi connectivity index (χ2n) is 4.33. The van der Waals surface area contributed by atoms with Crippen LogP contribution in [0, 0.1) is 5.82 Å². The van der Waals surface area contributed by atoms with E-state index in [9.17, 15) is 17.6 Å². The summed E-state index contributed by atoms with van der Waals surface area (Å²) in [5.41, 5.74) is 0.207. The smallest absolute Gasteiger partial charge is 0.251 e. The van der Waals surface area contributed by atoms with E-state index in [4.69, 9.17) is 0 Å². The molecule has 0 saturated carbocycles. The van der Waals surface area contributed by atoms with Gasteiger partial charge in [0.2, 0.25) is 10.0 Å². The van der Waals surface area contributed by atoms with Gasteiger partial charge in [-0.3, -0.25) is 4.79 Å². The number of hydrogen-bond donors (Lipinski definition) is 2. The number of carbonyl (C=O) groups is 1. The van der Waals surface area contributed by atoms with Crippen molar-refractivity contribution in [2.75, 3.05) is 18.8 Å². The molecule has 0 fully saturated rings. The number of unbranched alkanes of at least 4 members (excludes halogenated alkanes) is 1. The Bertz CT molecular complexity index is 546. The molecular weight excluding hydrogens is 283 g/mol. The molecule has 0 radical (unpaired) electrons. The lowest BCUT2D eigenvalue weighted by Crippen LogP contribution is -2.35. The molecule has 5 nitrogen and oxygen atoms in total. The van der Waals surface area contributed by atoms with Gasteiger partial charge in [-0.2, -0.15) is 0 Å². The zero-order valence-corrected chi connectivity index (χ0v) is 12.2. The number of nitrogens with one attached hydrogen (secondary N) is 2. The minimum absolute atomic E-state index is 0.0847. The van der Waals surface area contributed by atoms with E-state index in [2.05, 4.69) is 10.0 Å². The van der Waals surface area contributed by atoms with Gasteiger partial charge >= 0.3 is 0 Å². The van der Waals surface area contributed by atoms with Crippen LogP contribution in [0.25, 0.3) is 0 Å². The number of rotatable bonds is 8. The number of halogens is 1. The van der Waals surface area contributed by atoms with Gasteiger partial charge in [0, 0.05) is 18.7 Å². The standard InChI is InChI=1S/C13H19FN2O3S/c1-2-3-9-20(18,19)16-8-7-15-13(17)11-5-4-6-12(14)10-11/h4-6,10,16H,2-3,7-9H2,1H3,(H,15,17). The molecule has 1 rings (SSSR count). The van der Waals surface area contributed by atoms with Gasteiger partial charge in [-0.25, -0.2) is 17.5 Å². The summed E-state index contributed by atoms with van der Waals surface area (Å²) < 4.78 is 38.3. The molecular formula is C13H19FN2O3S. The summed E-state index contributed by atoms with van der Waals surface area (Å²) in [6, 6.07) is 5.31. The first-order chi connectivity index (χ1) is 9.44. The predicted molar refractivity (Wildman–Crippen MR) is 75.4 cm³/mol. The highest BCUT2D eigenvalue weighted by molar-refractivity contribution is 7.89. The fourth-order valence-electron chi connectivity index (χ4n) is 1.52. The van der Waals surface area contributed by atoms with Crippen molar-refractivity contribution in [3.8, 4) is 0 Å². The highest BCUT2D eigenvalue weighted by atomic mass is 32.2. The first kappa shape index (κ1) is 16.6. The van der Waals surface area contributed by atoms with Crippen LogP contribution in [0.4, 0.5) is 4.39 Å². The Morgan fingerprint density at radius 3 is 2.70 bits per heavy atom. The largest absolute Gasteiger partial charge is 0.351 e. The van der Waals surface area contributed by atoms with Gasteiger partial charge in [0.1, 0.15) is 5.82 Å². The van der Waals surface area contributed by atoms with Crippen molar-refractivity contribution in [1.82, 2.24) is 10.0 Å². The Labute approximate surface area is 118 Å². The Balaban J connectivity index is 2.33. The Morgan fingerprint density at radius 1 is 1.30 bits per heavy atom. The minimum atomic E-state index is -3.27. The van der Waals surface area contributed by atoms with Gasteiger partial charge < -0.3 is 5.32 Å². The lowest BCUT2D eigenvalue weighted by atomic mass is 10.2. The molecule has 0 aromatic heterocycles. The molecule has 0 aliphatic carbocycles. The van der Waals surface area contributed by atoms with Crippen molar-refractivity contribution in [2.45, 2.75) is 19.8 Å². The molecule has 0 aliphatic rings. The van der Waals surface area contributed by atoms with E-state index < -0.39 is 21.7 Å². The summed E-state index contributed by atoms with van der Waals surface area (Å²) in [7, 11) is -3.27. The van der Waals surface area contributed by atoms with Crippen LogP contribution in [0.1, 0.15) is 30.1 Å². The summed E-state index contributed by atoms with van der Waals surface area (Å²) in [5, 5.41) is 2.52. The molecule has 20 heavy (non-hydrogen) atoms. The van der Waals surface area contributed by atoms with Crippen LogP contribution in [-0.4, -0.2) is 33.2 Å². The maximum atomic E-state index is 12.9. The van der Waals surface area contributed by atoms with Gasteiger partial charge in [0.05, 0.1) is 5.75 Å². The van der Waals surface area contributed by atoms with E-state index in [1.807, 2.05) is 6.92 Å². The van der Waals surface area contributed by atoms with Crippen LogP contribution in [0.3, 0.4) is 0 Å². The highest BCUT2D eigenvalue weighted by Gasteiger charge is 2.09. The Morgan fingerprint density at radius 2 is 2.05 bits per heavy atom. The molecule has 0 unspecified atom stereocenters. The van der Waals surface area contributed by atoms with Crippen LogP contribution in [-0.2, 0) is 10.0 Å².